The first-order valence-corrected chi connectivity index (χ1v) is 8.72. The number of hydrogen-bond donors (Lipinski definition) is 0. The number of morpholine rings is 1. The SMILES string of the molecule is O=C(c1ccco1)N1CCCSC[C@@H]1CN1CCOCC1. The number of ether oxygens (including phenoxy) is 1. The molecule has 0 bridgehead atoms. The van der Waals surface area contributed by atoms with Crippen LogP contribution in [0.3, 0.4) is 0 Å². The Bertz CT molecular complexity index is 446. The molecule has 2 saturated heterocycles. The first-order valence-electron chi connectivity index (χ1n) is 7.57. The van der Waals surface area contributed by atoms with Crippen LogP contribution < -0.4 is 0 Å². The summed E-state index contributed by atoms with van der Waals surface area (Å²) in [6.45, 7) is 5.27. The van der Waals surface area contributed by atoms with E-state index in [0.29, 0.717) is 5.76 Å². The van der Waals surface area contributed by atoms with Crippen LogP contribution in [0.2, 0.25) is 0 Å². The Morgan fingerprint density at radius 1 is 1.33 bits per heavy atom. The molecule has 2 aliphatic rings. The Kier molecular flexibility index (Phi) is 5.22. The summed E-state index contributed by atoms with van der Waals surface area (Å²) < 4.78 is 10.7. The van der Waals surface area contributed by atoms with Gasteiger partial charge in [0.2, 0.25) is 0 Å². The van der Waals surface area contributed by atoms with Crippen LogP contribution in [0.15, 0.2) is 22.8 Å². The van der Waals surface area contributed by atoms with Crippen molar-refractivity contribution in [3.63, 3.8) is 0 Å². The molecule has 3 heterocycles. The van der Waals surface area contributed by atoms with Crippen molar-refractivity contribution in [3.05, 3.63) is 24.2 Å². The largest absolute Gasteiger partial charge is 0.459 e. The molecule has 0 radical (unpaired) electrons. The molecule has 0 N–H and O–H groups in total. The van der Waals surface area contributed by atoms with Gasteiger partial charge in [-0.2, -0.15) is 11.8 Å². The van der Waals surface area contributed by atoms with Gasteiger partial charge in [-0.05, 0) is 24.3 Å². The van der Waals surface area contributed by atoms with E-state index in [1.165, 1.54) is 0 Å². The van der Waals surface area contributed by atoms with Crippen molar-refractivity contribution in [1.82, 2.24) is 9.80 Å². The van der Waals surface area contributed by atoms with Crippen LogP contribution in [0.4, 0.5) is 0 Å². The molecule has 0 aromatic carbocycles. The Morgan fingerprint density at radius 2 is 2.19 bits per heavy atom. The van der Waals surface area contributed by atoms with E-state index in [1.54, 1.807) is 18.4 Å². The molecule has 1 aromatic rings. The molecule has 0 spiro atoms. The fourth-order valence-corrected chi connectivity index (χ4v) is 3.93. The average Bonchev–Trinajstić information content (AvgIpc) is 2.96. The van der Waals surface area contributed by atoms with E-state index in [0.717, 1.165) is 57.3 Å². The predicted octanol–water partition coefficient (Wildman–Crippen LogP) is 1.56. The molecule has 21 heavy (non-hydrogen) atoms. The summed E-state index contributed by atoms with van der Waals surface area (Å²) in [7, 11) is 0. The molecule has 1 aromatic heterocycles. The van der Waals surface area contributed by atoms with Crippen LogP contribution in [0.1, 0.15) is 17.0 Å². The summed E-state index contributed by atoms with van der Waals surface area (Å²) in [4.78, 5) is 17.1. The third-order valence-corrected chi connectivity index (χ3v) is 5.20. The van der Waals surface area contributed by atoms with Gasteiger partial charge in [0, 0.05) is 31.9 Å². The van der Waals surface area contributed by atoms with E-state index < -0.39 is 0 Å². The van der Waals surface area contributed by atoms with Crippen LogP contribution in [-0.4, -0.2) is 72.6 Å². The van der Waals surface area contributed by atoms with E-state index in [2.05, 4.69) is 4.90 Å². The predicted molar refractivity (Wildman–Crippen MR) is 82.7 cm³/mol. The van der Waals surface area contributed by atoms with Gasteiger partial charge in [-0.25, -0.2) is 0 Å². The number of hydrogen-bond acceptors (Lipinski definition) is 5. The van der Waals surface area contributed by atoms with E-state index in [9.17, 15) is 4.79 Å². The Labute approximate surface area is 129 Å². The number of amides is 1. The molecular weight excluding hydrogens is 288 g/mol. The van der Waals surface area contributed by atoms with Crippen LogP contribution in [0, 0.1) is 0 Å². The number of thioether (sulfide) groups is 1. The molecule has 2 aliphatic heterocycles. The second kappa shape index (κ2) is 7.33. The van der Waals surface area contributed by atoms with Gasteiger partial charge in [-0.1, -0.05) is 0 Å². The standard InChI is InChI=1S/C15H22N2O3S/c18-15(14-3-1-7-20-14)17-4-2-10-21-12-13(17)11-16-5-8-19-9-6-16/h1,3,7,13H,2,4-6,8-12H2/t13-/m0/s1. The van der Waals surface area contributed by atoms with E-state index in [-0.39, 0.29) is 11.9 Å². The Morgan fingerprint density at radius 3 is 2.95 bits per heavy atom. The number of carbonyl (C=O) groups is 1. The molecule has 2 fully saturated rings. The molecular formula is C15H22N2O3S. The molecule has 1 amide bonds. The maximum absolute atomic E-state index is 12.6. The highest BCUT2D eigenvalue weighted by atomic mass is 32.2. The smallest absolute Gasteiger partial charge is 0.289 e. The summed E-state index contributed by atoms with van der Waals surface area (Å²) in [5.41, 5.74) is 0. The van der Waals surface area contributed by atoms with Crippen molar-refractivity contribution in [2.24, 2.45) is 0 Å². The summed E-state index contributed by atoms with van der Waals surface area (Å²) in [6, 6.07) is 3.79. The van der Waals surface area contributed by atoms with Crippen LogP contribution in [0.5, 0.6) is 0 Å². The molecule has 0 aliphatic carbocycles. The van der Waals surface area contributed by atoms with Crippen molar-refractivity contribution >= 4 is 17.7 Å². The quantitative estimate of drug-likeness (QED) is 0.848. The minimum Gasteiger partial charge on any atom is -0.459 e. The molecule has 5 nitrogen and oxygen atoms in total. The highest BCUT2D eigenvalue weighted by molar-refractivity contribution is 7.99. The second-order valence-corrected chi connectivity index (χ2v) is 6.62. The monoisotopic (exact) mass is 310 g/mol. The van der Waals surface area contributed by atoms with Gasteiger partial charge in [0.15, 0.2) is 5.76 Å². The molecule has 0 unspecified atom stereocenters. The normalized spacial score (nSPS) is 24.8. The summed E-state index contributed by atoms with van der Waals surface area (Å²) in [6.07, 6.45) is 2.62. The van der Waals surface area contributed by atoms with Gasteiger partial charge in [0.1, 0.15) is 0 Å². The minimum atomic E-state index is 0.0285. The first kappa shape index (κ1) is 14.9. The van der Waals surface area contributed by atoms with Crippen molar-refractivity contribution < 1.29 is 13.9 Å². The Balaban J connectivity index is 1.69. The molecule has 3 rings (SSSR count). The molecule has 116 valence electrons. The van der Waals surface area contributed by atoms with Gasteiger partial charge in [0.05, 0.1) is 25.5 Å². The number of rotatable bonds is 3. The topological polar surface area (TPSA) is 45.9 Å². The van der Waals surface area contributed by atoms with Crippen molar-refractivity contribution in [3.8, 4) is 0 Å². The highest BCUT2D eigenvalue weighted by Gasteiger charge is 2.29. The lowest BCUT2D eigenvalue weighted by Gasteiger charge is -2.35. The summed E-state index contributed by atoms with van der Waals surface area (Å²) in [5, 5.41) is 0. The third-order valence-electron chi connectivity index (χ3n) is 4.00. The lowest BCUT2D eigenvalue weighted by atomic mass is 10.2. The lowest BCUT2D eigenvalue weighted by Crippen LogP contribution is -2.50. The van der Waals surface area contributed by atoms with Gasteiger partial charge >= 0.3 is 0 Å². The van der Waals surface area contributed by atoms with Gasteiger partial charge in [-0.15, -0.1) is 0 Å². The average molecular weight is 310 g/mol. The fourth-order valence-electron chi connectivity index (χ4n) is 2.87. The maximum atomic E-state index is 12.6. The minimum absolute atomic E-state index is 0.0285. The summed E-state index contributed by atoms with van der Waals surface area (Å²) >= 11 is 1.95. The highest BCUT2D eigenvalue weighted by Crippen LogP contribution is 2.20. The van der Waals surface area contributed by atoms with Crippen LogP contribution in [-0.2, 0) is 4.74 Å². The van der Waals surface area contributed by atoms with E-state index in [1.807, 2.05) is 16.7 Å². The summed E-state index contributed by atoms with van der Waals surface area (Å²) in [5.74, 6) is 2.61. The van der Waals surface area contributed by atoms with Gasteiger partial charge in [-0.3, -0.25) is 9.69 Å². The zero-order chi connectivity index (χ0) is 14.5. The third kappa shape index (κ3) is 3.81. The van der Waals surface area contributed by atoms with E-state index in [4.69, 9.17) is 9.15 Å². The zero-order valence-corrected chi connectivity index (χ0v) is 13.0. The van der Waals surface area contributed by atoms with Gasteiger partial charge < -0.3 is 14.1 Å². The Hall–Kier alpha value is -0.980. The first-order chi connectivity index (χ1) is 10.3. The van der Waals surface area contributed by atoms with Crippen molar-refractivity contribution in [2.45, 2.75) is 12.5 Å². The van der Waals surface area contributed by atoms with Crippen molar-refractivity contribution in [2.75, 3.05) is 50.9 Å². The van der Waals surface area contributed by atoms with Crippen molar-refractivity contribution in [1.29, 1.82) is 0 Å². The molecule has 1 atom stereocenters. The number of furan rings is 1. The van der Waals surface area contributed by atoms with Crippen LogP contribution in [0.25, 0.3) is 0 Å². The van der Waals surface area contributed by atoms with E-state index >= 15 is 0 Å². The van der Waals surface area contributed by atoms with Gasteiger partial charge in [0.25, 0.3) is 5.91 Å². The number of nitrogens with zero attached hydrogens (tertiary/aromatic N) is 2. The second-order valence-electron chi connectivity index (χ2n) is 5.47. The maximum Gasteiger partial charge on any atom is 0.289 e. The van der Waals surface area contributed by atoms with Crippen LogP contribution >= 0.6 is 11.8 Å². The zero-order valence-electron chi connectivity index (χ0n) is 12.2. The molecule has 6 heteroatoms. The fraction of sp³-hybridized carbons (Fsp3) is 0.667. The lowest BCUT2D eigenvalue weighted by molar-refractivity contribution is 0.0239. The number of carbonyl (C=O) groups excluding carboxylic acids is 1. The molecule has 0 saturated carbocycles.